The van der Waals surface area contributed by atoms with Crippen molar-refractivity contribution >= 4 is 39.4 Å². The Kier molecular flexibility index (Phi) is 2.83. The Bertz CT molecular complexity index is 512. The molecule has 2 aromatic heterocycles. The van der Waals surface area contributed by atoms with E-state index in [4.69, 9.17) is 0 Å². The highest BCUT2D eigenvalue weighted by molar-refractivity contribution is 7.98. The largest absolute Gasteiger partial charge is 0.464 e. The maximum Gasteiger partial charge on any atom is 0.367 e. The molecule has 0 aliphatic rings. The summed E-state index contributed by atoms with van der Waals surface area (Å²) in [6.07, 6.45) is 3.37. The summed E-state index contributed by atoms with van der Waals surface area (Å²) in [5, 5.41) is 1.08. The number of carbonyl (C=O) groups excluding carboxylic acids is 1. The topological polar surface area (TPSA) is 65.0 Å². The molecule has 0 atom stereocenters. The summed E-state index contributed by atoms with van der Waals surface area (Å²) in [5.74, 6) is -0.440. The van der Waals surface area contributed by atoms with Crippen LogP contribution in [0.25, 0.3) is 10.3 Å². The lowest BCUT2D eigenvalue weighted by molar-refractivity contribution is 0.0600. The van der Waals surface area contributed by atoms with Crippen LogP contribution in [0.15, 0.2) is 11.4 Å². The zero-order valence-corrected chi connectivity index (χ0v) is 9.68. The van der Waals surface area contributed by atoms with Crippen molar-refractivity contribution in [1.82, 2.24) is 15.0 Å². The van der Waals surface area contributed by atoms with Crippen molar-refractivity contribution in [3.05, 3.63) is 11.3 Å². The molecule has 0 amide bonds. The zero-order chi connectivity index (χ0) is 10.8. The van der Waals surface area contributed by atoms with Crippen molar-refractivity contribution < 1.29 is 9.53 Å². The molecule has 0 unspecified atom stereocenters. The van der Waals surface area contributed by atoms with Gasteiger partial charge >= 0.3 is 5.97 Å². The Morgan fingerprint density at radius 1 is 1.53 bits per heavy atom. The number of esters is 1. The molecule has 2 rings (SSSR count). The van der Waals surface area contributed by atoms with Crippen LogP contribution in [-0.4, -0.2) is 34.3 Å². The third-order valence-corrected chi connectivity index (χ3v) is 3.34. The first kappa shape index (κ1) is 10.3. The maximum absolute atomic E-state index is 11.3. The van der Waals surface area contributed by atoms with Gasteiger partial charge in [0.05, 0.1) is 7.11 Å². The van der Waals surface area contributed by atoms with Gasteiger partial charge in [-0.05, 0) is 6.26 Å². The first-order valence-corrected chi connectivity index (χ1v) is 6.04. The molecule has 78 valence electrons. The number of hydrogen-bond acceptors (Lipinski definition) is 7. The van der Waals surface area contributed by atoms with Crippen LogP contribution in [0.2, 0.25) is 0 Å². The Morgan fingerprint density at radius 2 is 2.33 bits per heavy atom. The molecule has 0 aliphatic heterocycles. The fourth-order valence-electron chi connectivity index (χ4n) is 1.06. The Hall–Kier alpha value is -1.21. The van der Waals surface area contributed by atoms with Crippen LogP contribution < -0.4 is 0 Å². The minimum Gasteiger partial charge on any atom is -0.464 e. The minimum atomic E-state index is -0.440. The van der Waals surface area contributed by atoms with Gasteiger partial charge < -0.3 is 4.74 Å². The molecule has 0 aromatic carbocycles. The molecule has 0 aliphatic carbocycles. The van der Waals surface area contributed by atoms with E-state index in [0.717, 1.165) is 5.03 Å². The molecular formula is C8H7N3O2S2. The van der Waals surface area contributed by atoms with E-state index in [0.29, 0.717) is 15.4 Å². The van der Waals surface area contributed by atoms with E-state index in [1.54, 1.807) is 0 Å². The first-order valence-electron chi connectivity index (χ1n) is 4.00. The molecule has 0 spiro atoms. The Balaban J connectivity index is 2.60. The van der Waals surface area contributed by atoms with E-state index in [2.05, 4.69) is 19.7 Å². The van der Waals surface area contributed by atoms with Crippen molar-refractivity contribution in [2.45, 2.75) is 5.03 Å². The average Bonchev–Trinajstić information content (AvgIpc) is 2.71. The van der Waals surface area contributed by atoms with Crippen molar-refractivity contribution in [3.63, 3.8) is 0 Å². The summed E-state index contributed by atoms with van der Waals surface area (Å²) in [7, 11) is 1.33. The summed E-state index contributed by atoms with van der Waals surface area (Å²) in [6.45, 7) is 0. The number of methoxy groups -OCH3 is 1. The zero-order valence-electron chi connectivity index (χ0n) is 8.05. The van der Waals surface area contributed by atoms with Crippen LogP contribution in [-0.2, 0) is 4.74 Å². The summed E-state index contributed by atoms with van der Waals surface area (Å²) >= 11 is 2.68. The van der Waals surface area contributed by atoms with Gasteiger partial charge in [-0.3, -0.25) is 0 Å². The van der Waals surface area contributed by atoms with Gasteiger partial charge in [-0.1, -0.05) is 11.3 Å². The molecule has 0 N–H and O–H groups in total. The lowest BCUT2D eigenvalue weighted by Crippen LogP contribution is -1.99. The lowest BCUT2D eigenvalue weighted by Gasteiger charge is -1.93. The molecule has 2 heterocycles. The van der Waals surface area contributed by atoms with Crippen LogP contribution in [0.1, 0.15) is 9.80 Å². The summed E-state index contributed by atoms with van der Waals surface area (Å²) in [6, 6.07) is 0. The van der Waals surface area contributed by atoms with Crippen LogP contribution in [0.4, 0.5) is 0 Å². The van der Waals surface area contributed by atoms with E-state index in [9.17, 15) is 4.79 Å². The van der Waals surface area contributed by atoms with Crippen molar-refractivity contribution in [3.8, 4) is 0 Å². The molecule has 0 saturated carbocycles. The number of aromatic nitrogens is 3. The summed E-state index contributed by atoms with van der Waals surface area (Å²) < 4.78 is 4.59. The van der Waals surface area contributed by atoms with E-state index >= 15 is 0 Å². The van der Waals surface area contributed by atoms with Gasteiger partial charge in [-0.2, -0.15) is 0 Å². The predicted molar refractivity (Wildman–Crippen MR) is 58.3 cm³/mol. The standard InChI is InChI=1S/C8H7N3O2S2/c1-13-8(12)7-11-4-5(14-2)9-3-10-6(4)15-7/h3H,1-2H3. The van der Waals surface area contributed by atoms with E-state index in [-0.39, 0.29) is 0 Å². The molecule has 2 aromatic rings. The Labute approximate surface area is 93.9 Å². The summed E-state index contributed by atoms with van der Waals surface area (Å²) in [5.41, 5.74) is 0.662. The number of ether oxygens (including phenoxy) is 1. The number of hydrogen-bond donors (Lipinski definition) is 0. The van der Waals surface area contributed by atoms with Crippen LogP contribution in [0, 0.1) is 0 Å². The van der Waals surface area contributed by atoms with Crippen molar-refractivity contribution in [2.75, 3.05) is 13.4 Å². The number of carbonyl (C=O) groups is 1. The van der Waals surface area contributed by atoms with Gasteiger partial charge in [0.25, 0.3) is 0 Å². The number of nitrogens with zero attached hydrogens (tertiary/aromatic N) is 3. The fourth-order valence-corrected chi connectivity index (χ4v) is 2.44. The number of fused-ring (bicyclic) bond motifs is 1. The third kappa shape index (κ3) is 1.80. The van der Waals surface area contributed by atoms with Gasteiger partial charge in [0.2, 0.25) is 5.01 Å². The molecule has 0 radical (unpaired) electrons. The highest BCUT2D eigenvalue weighted by Crippen LogP contribution is 2.26. The second kappa shape index (κ2) is 4.11. The van der Waals surface area contributed by atoms with Crippen molar-refractivity contribution in [2.24, 2.45) is 0 Å². The highest BCUT2D eigenvalue weighted by atomic mass is 32.2. The second-order valence-corrected chi connectivity index (χ2v) is 4.32. The number of thiazole rings is 1. The van der Waals surface area contributed by atoms with E-state index in [1.165, 1.54) is 36.5 Å². The first-order chi connectivity index (χ1) is 7.26. The Morgan fingerprint density at radius 3 is 3.00 bits per heavy atom. The molecular weight excluding hydrogens is 234 g/mol. The van der Waals surface area contributed by atoms with Gasteiger partial charge in [0.15, 0.2) is 0 Å². The monoisotopic (exact) mass is 241 g/mol. The van der Waals surface area contributed by atoms with Gasteiger partial charge in [0.1, 0.15) is 21.7 Å². The molecule has 15 heavy (non-hydrogen) atoms. The molecule has 0 fully saturated rings. The lowest BCUT2D eigenvalue weighted by atomic mass is 10.6. The SMILES string of the molecule is COC(=O)c1nc2c(SC)ncnc2s1. The number of thioether (sulfide) groups is 1. The minimum absolute atomic E-state index is 0.309. The molecule has 7 heteroatoms. The highest BCUT2D eigenvalue weighted by Gasteiger charge is 2.15. The smallest absolute Gasteiger partial charge is 0.367 e. The fraction of sp³-hybridized carbons (Fsp3) is 0.250. The normalized spacial score (nSPS) is 10.5. The molecule has 5 nitrogen and oxygen atoms in total. The average molecular weight is 241 g/mol. The van der Waals surface area contributed by atoms with Crippen LogP contribution in [0.5, 0.6) is 0 Å². The van der Waals surface area contributed by atoms with E-state index in [1.807, 2.05) is 6.26 Å². The van der Waals surface area contributed by atoms with E-state index < -0.39 is 5.97 Å². The van der Waals surface area contributed by atoms with Crippen LogP contribution in [0.3, 0.4) is 0 Å². The predicted octanol–water partition coefficient (Wildman–Crippen LogP) is 1.59. The number of rotatable bonds is 2. The van der Waals surface area contributed by atoms with Gasteiger partial charge in [-0.15, -0.1) is 11.8 Å². The molecule has 0 saturated heterocycles. The summed E-state index contributed by atoms with van der Waals surface area (Å²) in [4.78, 5) is 24.2. The molecule has 0 bridgehead atoms. The van der Waals surface area contributed by atoms with Gasteiger partial charge in [0, 0.05) is 0 Å². The van der Waals surface area contributed by atoms with Crippen molar-refractivity contribution in [1.29, 1.82) is 0 Å². The van der Waals surface area contributed by atoms with Crippen LogP contribution >= 0.6 is 23.1 Å². The van der Waals surface area contributed by atoms with Gasteiger partial charge in [-0.25, -0.2) is 19.7 Å². The second-order valence-electron chi connectivity index (χ2n) is 2.55. The third-order valence-electron chi connectivity index (χ3n) is 1.72. The maximum atomic E-state index is 11.3. The quantitative estimate of drug-likeness (QED) is 0.452.